The molecule has 0 rings (SSSR count). The fraction of sp³-hybridized carbons (Fsp3) is 1.00. The first kappa shape index (κ1) is 18.0. The summed E-state index contributed by atoms with van der Waals surface area (Å²) in [6.45, 7) is 14.0. The summed E-state index contributed by atoms with van der Waals surface area (Å²) in [6, 6.07) is 0. The summed E-state index contributed by atoms with van der Waals surface area (Å²) in [7, 11) is 0. The van der Waals surface area contributed by atoms with Crippen LogP contribution in [0.15, 0.2) is 0 Å². The maximum atomic E-state index is 3.54. The molecule has 0 aliphatic carbocycles. The van der Waals surface area contributed by atoms with Crippen LogP contribution in [0.3, 0.4) is 0 Å². The molecule has 1 unspecified atom stereocenters. The highest BCUT2D eigenvalue weighted by atomic mass is 14.9. The van der Waals surface area contributed by atoms with E-state index >= 15 is 0 Å². The van der Waals surface area contributed by atoms with Gasteiger partial charge in [-0.1, -0.05) is 79.6 Å². The molecule has 0 spiro atoms. The van der Waals surface area contributed by atoms with Gasteiger partial charge in [0.2, 0.25) is 0 Å². The quantitative estimate of drug-likeness (QED) is 0.460. The van der Waals surface area contributed by atoms with Crippen LogP contribution in [0.2, 0.25) is 0 Å². The van der Waals surface area contributed by atoms with E-state index in [-0.39, 0.29) is 0 Å². The lowest BCUT2D eigenvalue weighted by Crippen LogP contribution is -2.36. The zero-order chi connectivity index (χ0) is 13.9. The molecule has 0 aromatic rings. The Hall–Kier alpha value is -0.0400. The second-order valence-electron chi connectivity index (χ2n) is 6.46. The van der Waals surface area contributed by atoms with E-state index in [0.717, 1.165) is 12.5 Å². The lowest BCUT2D eigenvalue weighted by atomic mass is 9.75. The van der Waals surface area contributed by atoms with Crippen molar-refractivity contribution in [2.45, 2.75) is 86.0 Å². The Labute approximate surface area is 116 Å². The maximum absolute atomic E-state index is 3.54. The van der Waals surface area contributed by atoms with Crippen LogP contribution in [-0.4, -0.2) is 13.1 Å². The van der Waals surface area contributed by atoms with Crippen LogP contribution in [0.25, 0.3) is 0 Å². The summed E-state index contributed by atoms with van der Waals surface area (Å²) in [5.41, 5.74) is 0.486. The summed E-state index contributed by atoms with van der Waals surface area (Å²) in [4.78, 5) is 0. The molecule has 0 aromatic carbocycles. The van der Waals surface area contributed by atoms with E-state index in [1.165, 1.54) is 57.9 Å². The highest BCUT2D eigenvalue weighted by Crippen LogP contribution is 2.32. The molecule has 0 aromatic heterocycles. The van der Waals surface area contributed by atoms with E-state index in [2.05, 4.69) is 39.9 Å². The third-order valence-corrected chi connectivity index (χ3v) is 4.52. The molecule has 1 nitrogen and oxygen atoms in total. The van der Waals surface area contributed by atoms with Crippen LogP contribution in [0.1, 0.15) is 86.0 Å². The normalized spacial score (nSPS) is 15.0. The van der Waals surface area contributed by atoms with Gasteiger partial charge in [0, 0.05) is 6.54 Å². The Kier molecular flexibility index (Phi) is 10.8. The molecule has 0 bridgehead atoms. The topological polar surface area (TPSA) is 12.0 Å². The fourth-order valence-corrected chi connectivity index (χ4v) is 2.48. The van der Waals surface area contributed by atoms with Crippen molar-refractivity contribution in [3.63, 3.8) is 0 Å². The van der Waals surface area contributed by atoms with Crippen LogP contribution in [0.5, 0.6) is 0 Å². The first-order valence-electron chi connectivity index (χ1n) is 8.27. The third kappa shape index (κ3) is 8.13. The fourth-order valence-electron chi connectivity index (χ4n) is 2.48. The van der Waals surface area contributed by atoms with Crippen molar-refractivity contribution >= 4 is 0 Å². The predicted octanol–water partition coefficient (Wildman–Crippen LogP) is 5.40. The Morgan fingerprint density at radius 1 is 0.889 bits per heavy atom. The van der Waals surface area contributed by atoms with Crippen molar-refractivity contribution in [1.82, 2.24) is 5.32 Å². The van der Waals surface area contributed by atoms with Crippen molar-refractivity contribution in [2.75, 3.05) is 13.1 Å². The highest BCUT2D eigenvalue weighted by Gasteiger charge is 2.26. The largest absolute Gasteiger partial charge is 0.316 e. The van der Waals surface area contributed by atoms with Gasteiger partial charge in [-0.05, 0) is 24.3 Å². The molecule has 0 aliphatic rings. The molecule has 0 heterocycles. The molecule has 0 aliphatic heterocycles. The summed E-state index contributed by atoms with van der Waals surface area (Å²) in [5, 5.41) is 3.54. The van der Waals surface area contributed by atoms with Crippen molar-refractivity contribution in [2.24, 2.45) is 11.3 Å². The molecule has 1 atom stereocenters. The van der Waals surface area contributed by atoms with Crippen molar-refractivity contribution in [3.05, 3.63) is 0 Å². The van der Waals surface area contributed by atoms with E-state index in [0.29, 0.717) is 5.41 Å². The molecule has 1 N–H and O–H groups in total. The van der Waals surface area contributed by atoms with Gasteiger partial charge >= 0.3 is 0 Å². The Morgan fingerprint density at radius 3 is 1.94 bits per heavy atom. The molecule has 0 radical (unpaired) electrons. The van der Waals surface area contributed by atoms with Crippen molar-refractivity contribution < 1.29 is 0 Å². The number of rotatable bonds is 12. The minimum Gasteiger partial charge on any atom is -0.316 e. The number of nitrogens with one attached hydrogen (secondary N) is 1. The van der Waals surface area contributed by atoms with E-state index < -0.39 is 0 Å². The molecule has 0 saturated heterocycles. The SMILES string of the molecule is CCCCCCCCCC(C)(CNCC)C(C)C. The Balaban J connectivity index is 3.70. The predicted molar refractivity (Wildman–Crippen MR) is 84.1 cm³/mol. The molecular formula is C17H37N. The minimum absolute atomic E-state index is 0.486. The number of hydrogen-bond donors (Lipinski definition) is 1. The molecule has 0 saturated carbocycles. The summed E-state index contributed by atoms with van der Waals surface area (Å²) >= 11 is 0. The van der Waals surface area contributed by atoms with Gasteiger partial charge in [0.1, 0.15) is 0 Å². The molecular weight excluding hydrogens is 218 g/mol. The Morgan fingerprint density at radius 2 is 1.44 bits per heavy atom. The van der Waals surface area contributed by atoms with E-state index in [9.17, 15) is 0 Å². The van der Waals surface area contributed by atoms with Crippen LogP contribution in [0.4, 0.5) is 0 Å². The lowest BCUT2D eigenvalue weighted by Gasteiger charge is -2.34. The standard InChI is InChI=1S/C17H37N/c1-6-8-9-10-11-12-13-14-17(5,16(3)4)15-18-7-2/h16,18H,6-15H2,1-5H3. The molecule has 18 heavy (non-hydrogen) atoms. The second kappa shape index (κ2) is 10.8. The van der Waals surface area contributed by atoms with E-state index in [1.807, 2.05) is 0 Å². The molecule has 1 heteroatoms. The summed E-state index contributed by atoms with van der Waals surface area (Å²) < 4.78 is 0. The molecule has 0 amide bonds. The third-order valence-electron chi connectivity index (χ3n) is 4.52. The van der Waals surface area contributed by atoms with Crippen molar-refractivity contribution in [3.8, 4) is 0 Å². The van der Waals surface area contributed by atoms with Gasteiger partial charge in [-0.3, -0.25) is 0 Å². The zero-order valence-electron chi connectivity index (χ0n) is 13.6. The van der Waals surface area contributed by atoms with Gasteiger partial charge in [0.05, 0.1) is 0 Å². The van der Waals surface area contributed by atoms with Gasteiger partial charge in [0.15, 0.2) is 0 Å². The molecule has 110 valence electrons. The number of hydrogen-bond acceptors (Lipinski definition) is 1. The summed E-state index contributed by atoms with van der Waals surface area (Å²) in [6.07, 6.45) is 11.3. The van der Waals surface area contributed by atoms with Crippen molar-refractivity contribution in [1.29, 1.82) is 0 Å². The van der Waals surface area contributed by atoms with Crippen LogP contribution < -0.4 is 5.32 Å². The average molecular weight is 255 g/mol. The zero-order valence-corrected chi connectivity index (χ0v) is 13.6. The number of unbranched alkanes of at least 4 members (excludes halogenated alkanes) is 6. The average Bonchev–Trinajstić information content (AvgIpc) is 2.35. The van der Waals surface area contributed by atoms with E-state index in [4.69, 9.17) is 0 Å². The minimum atomic E-state index is 0.486. The van der Waals surface area contributed by atoms with Gasteiger partial charge in [-0.2, -0.15) is 0 Å². The van der Waals surface area contributed by atoms with Crippen LogP contribution in [-0.2, 0) is 0 Å². The van der Waals surface area contributed by atoms with Gasteiger partial charge in [0.25, 0.3) is 0 Å². The summed E-state index contributed by atoms with van der Waals surface area (Å²) in [5.74, 6) is 0.775. The second-order valence-corrected chi connectivity index (χ2v) is 6.46. The lowest BCUT2D eigenvalue weighted by molar-refractivity contribution is 0.186. The Bertz CT molecular complexity index is 176. The van der Waals surface area contributed by atoms with Gasteiger partial charge in [-0.25, -0.2) is 0 Å². The van der Waals surface area contributed by atoms with Crippen LogP contribution in [0, 0.1) is 11.3 Å². The maximum Gasteiger partial charge on any atom is 0.000749 e. The highest BCUT2D eigenvalue weighted by molar-refractivity contribution is 4.80. The van der Waals surface area contributed by atoms with Gasteiger partial charge in [-0.15, -0.1) is 0 Å². The first-order valence-corrected chi connectivity index (χ1v) is 8.27. The smallest absolute Gasteiger partial charge is 0.000749 e. The monoisotopic (exact) mass is 255 g/mol. The van der Waals surface area contributed by atoms with E-state index in [1.54, 1.807) is 0 Å². The molecule has 0 fully saturated rings. The van der Waals surface area contributed by atoms with Gasteiger partial charge < -0.3 is 5.32 Å². The van der Waals surface area contributed by atoms with Crippen LogP contribution >= 0.6 is 0 Å². The first-order chi connectivity index (χ1) is 8.56.